The third-order valence-corrected chi connectivity index (χ3v) is 5.65. The van der Waals surface area contributed by atoms with Crippen LogP contribution in [0.5, 0.6) is 0 Å². The number of anilines is 1. The van der Waals surface area contributed by atoms with Gasteiger partial charge in [0, 0.05) is 33.6 Å². The topological polar surface area (TPSA) is 74.8 Å². The molecule has 2 aromatic heterocycles. The minimum absolute atomic E-state index is 0.0170. The van der Waals surface area contributed by atoms with Gasteiger partial charge in [-0.15, -0.1) is 0 Å². The number of ketones is 1. The smallest absolute Gasteiger partial charge is 0.199 e. The summed E-state index contributed by atoms with van der Waals surface area (Å²) in [5, 5.41) is 0.532. The first-order valence-electron chi connectivity index (χ1n) is 7.72. The van der Waals surface area contributed by atoms with Crippen molar-refractivity contribution in [2.45, 2.75) is 13.3 Å². The molecule has 1 atom stereocenters. The Labute approximate surface area is 165 Å². The minimum atomic E-state index is -1.44. The molecule has 1 unspecified atom stereocenters. The van der Waals surface area contributed by atoms with E-state index in [1.165, 1.54) is 18.3 Å². The second-order valence-corrected chi connectivity index (χ2v) is 8.14. The third-order valence-electron chi connectivity index (χ3n) is 3.67. The number of aromatic amines is 1. The van der Waals surface area contributed by atoms with E-state index in [2.05, 4.69) is 30.6 Å². The zero-order valence-corrected chi connectivity index (χ0v) is 16.8. The van der Waals surface area contributed by atoms with Crippen LogP contribution in [0.1, 0.15) is 29.3 Å². The molecule has 0 saturated carbocycles. The fourth-order valence-electron chi connectivity index (χ4n) is 2.50. The number of halogens is 3. The van der Waals surface area contributed by atoms with E-state index in [9.17, 15) is 13.4 Å². The van der Waals surface area contributed by atoms with Crippen LogP contribution in [0, 0.1) is 5.82 Å². The molecule has 0 saturated heterocycles. The zero-order chi connectivity index (χ0) is 18.8. The number of carbonyl (C=O) groups excluding carboxylic acids is 1. The SMILES string of the molecule is CCCS(=O)Nc1ccc(Cl)c(C(=O)c2c[nH]c3ncc(Br)cc23)c1F. The van der Waals surface area contributed by atoms with Gasteiger partial charge in [-0.3, -0.25) is 4.79 Å². The van der Waals surface area contributed by atoms with Gasteiger partial charge in [-0.2, -0.15) is 0 Å². The first-order chi connectivity index (χ1) is 12.4. The number of nitrogens with zero attached hydrogens (tertiary/aromatic N) is 1. The van der Waals surface area contributed by atoms with Gasteiger partial charge in [0.15, 0.2) is 11.6 Å². The quantitative estimate of drug-likeness (QED) is 0.519. The van der Waals surface area contributed by atoms with Crippen LogP contribution in [0.25, 0.3) is 11.0 Å². The number of benzene rings is 1. The van der Waals surface area contributed by atoms with Crippen LogP contribution < -0.4 is 4.72 Å². The predicted molar refractivity (Wildman–Crippen MR) is 106 cm³/mol. The van der Waals surface area contributed by atoms with Crippen LogP contribution in [0.15, 0.2) is 35.1 Å². The molecule has 2 heterocycles. The minimum Gasteiger partial charge on any atom is -0.345 e. The summed E-state index contributed by atoms with van der Waals surface area (Å²) < 4.78 is 30.1. The maximum absolute atomic E-state index is 14.9. The fourth-order valence-corrected chi connectivity index (χ4v) is 3.94. The number of nitrogens with one attached hydrogen (secondary N) is 2. The van der Waals surface area contributed by atoms with E-state index in [0.29, 0.717) is 27.7 Å². The summed E-state index contributed by atoms with van der Waals surface area (Å²) in [6.45, 7) is 1.87. The molecular weight excluding hydrogens is 445 g/mol. The lowest BCUT2D eigenvalue weighted by atomic mass is 10.0. The number of aromatic nitrogens is 2. The van der Waals surface area contributed by atoms with Crippen molar-refractivity contribution in [2.24, 2.45) is 0 Å². The normalized spacial score (nSPS) is 12.3. The molecule has 3 rings (SSSR count). The molecule has 26 heavy (non-hydrogen) atoms. The van der Waals surface area contributed by atoms with Crippen LogP contribution in [-0.2, 0) is 11.0 Å². The van der Waals surface area contributed by atoms with Crippen molar-refractivity contribution in [1.82, 2.24) is 9.97 Å². The molecular formula is C17H14BrClFN3O2S. The predicted octanol–water partition coefficient (Wildman–Crippen LogP) is 4.83. The lowest BCUT2D eigenvalue weighted by Crippen LogP contribution is -2.12. The van der Waals surface area contributed by atoms with Crippen molar-refractivity contribution in [2.75, 3.05) is 10.5 Å². The molecule has 3 aromatic rings. The summed E-state index contributed by atoms with van der Waals surface area (Å²) in [5.41, 5.74) is 0.461. The molecule has 9 heteroatoms. The average Bonchev–Trinajstić information content (AvgIpc) is 3.00. The van der Waals surface area contributed by atoms with Crippen LogP contribution in [-0.4, -0.2) is 25.7 Å². The molecule has 1 aromatic carbocycles. The Morgan fingerprint density at radius 2 is 2.23 bits per heavy atom. The summed E-state index contributed by atoms with van der Waals surface area (Å²) in [7, 11) is -1.44. The van der Waals surface area contributed by atoms with E-state index in [-0.39, 0.29) is 21.8 Å². The van der Waals surface area contributed by atoms with E-state index < -0.39 is 22.6 Å². The molecule has 136 valence electrons. The van der Waals surface area contributed by atoms with Gasteiger partial charge in [0.25, 0.3) is 0 Å². The first kappa shape index (κ1) is 19.0. The van der Waals surface area contributed by atoms with Gasteiger partial charge in [0.2, 0.25) is 0 Å². The van der Waals surface area contributed by atoms with Crippen molar-refractivity contribution in [1.29, 1.82) is 0 Å². The molecule has 0 aliphatic carbocycles. The van der Waals surface area contributed by atoms with Crippen LogP contribution >= 0.6 is 27.5 Å². The Kier molecular flexibility index (Phi) is 5.74. The Morgan fingerprint density at radius 1 is 1.46 bits per heavy atom. The van der Waals surface area contributed by atoms with E-state index in [1.54, 1.807) is 12.3 Å². The van der Waals surface area contributed by atoms with Crippen molar-refractivity contribution in [3.8, 4) is 0 Å². The molecule has 0 bridgehead atoms. The Balaban J connectivity index is 2.06. The first-order valence-corrected chi connectivity index (χ1v) is 10.2. The highest BCUT2D eigenvalue weighted by atomic mass is 79.9. The summed E-state index contributed by atoms with van der Waals surface area (Å²) in [6.07, 6.45) is 3.74. The molecule has 0 aliphatic rings. The van der Waals surface area contributed by atoms with Crippen LogP contribution in [0.4, 0.5) is 10.1 Å². The highest BCUT2D eigenvalue weighted by Crippen LogP contribution is 2.30. The van der Waals surface area contributed by atoms with Gasteiger partial charge in [-0.05, 0) is 40.5 Å². The average molecular weight is 459 g/mol. The van der Waals surface area contributed by atoms with Gasteiger partial charge in [0.05, 0.1) is 16.3 Å². The zero-order valence-electron chi connectivity index (χ0n) is 13.6. The van der Waals surface area contributed by atoms with E-state index >= 15 is 0 Å². The van der Waals surface area contributed by atoms with Gasteiger partial charge in [-0.1, -0.05) is 18.5 Å². The molecule has 5 nitrogen and oxygen atoms in total. The highest BCUT2D eigenvalue weighted by molar-refractivity contribution is 9.10. The van der Waals surface area contributed by atoms with Crippen LogP contribution in [0.2, 0.25) is 5.02 Å². The number of rotatable bonds is 6. The number of hydrogen-bond acceptors (Lipinski definition) is 3. The summed E-state index contributed by atoms with van der Waals surface area (Å²) in [6, 6.07) is 4.50. The second-order valence-electron chi connectivity index (χ2n) is 5.52. The number of pyridine rings is 1. The maximum atomic E-state index is 14.9. The van der Waals surface area contributed by atoms with Gasteiger partial charge < -0.3 is 9.71 Å². The molecule has 0 aliphatic heterocycles. The lowest BCUT2D eigenvalue weighted by molar-refractivity contribution is 0.103. The number of H-pyrrole nitrogens is 1. The largest absolute Gasteiger partial charge is 0.345 e. The number of carbonyl (C=O) groups is 1. The summed E-state index contributed by atoms with van der Waals surface area (Å²) in [5.74, 6) is -1.04. The van der Waals surface area contributed by atoms with Gasteiger partial charge in [0.1, 0.15) is 16.6 Å². The molecule has 0 amide bonds. The van der Waals surface area contributed by atoms with Crippen LogP contribution in [0.3, 0.4) is 0 Å². The van der Waals surface area contributed by atoms with Gasteiger partial charge >= 0.3 is 0 Å². The number of hydrogen-bond donors (Lipinski definition) is 2. The molecule has 0 fully saturated rings. The summed E-state index contributed by atoms with van der Waals surface area (Å²) >= 11 is 9.40. The van der Waals surface area contributed by atoms with Crippen molar-refractivity contribution >= 4 is 61.0 Å². The molecule has 0 radical (unpaired) electrons. The number of fused-ring (bicyclic) bond motifs is 1. The highest BCUT2D eigenvalue weighted by Gasteiger charge is 2.24. The fraction of sp³-hybridized carbons (Fsp3) is 0.176. The monoisotopic (exact) mass is 457 g/mol. The van der Waals surface area contributed by atoms with E-state index in [0.717, 1.165) is 0 Å². The third kappa shape index (κ3) is 3.67. The van der Waals surface area contributed by atoms with Gasteiger partial charge in [-0.25, -0.2) is 13.6 Å². The summed E-state index contributed by atoms with van der Waals surface area (Å²) in [4.78, 5) is 20.0. The lowest BCUT2D eigenvalue weighted by Gasteiger charge is -2.11. The van der Waals surface area contributed by atoms with E-state index in [4.69, 9.17) is 11.6 Å². The Morgan fingerprint density at radius 3 is 2.96 bits per heavy atom. The second kappa shape index (κ2) is 7.85. The Hall–Kier alpha value is -1.77. The standard InChI is InChI=1S/C17H14BrClFN3O2S/c1-2-5-26(25)23-13-4-3-12(19)14(15(13)20)16(24)11-8-22-17-10(11)6-9(18)7-21-17/h3-4,6-8,23H,2,5H2,1H3,(H,21,22). The van der Waals surface area contributed by atoms with Crippen molar-refractivity contribution in [3.05, 3.63) is 57.0 Å². The van der Waals surface area contributed by atoms with Crippen molar-refractivity contribution in [3.63, 3.8) is 0 Å². The Bertz CT molecular complexity index is 1020. The molecule has 2 N–H and O–H groups in total. The maximum Gasteiger partial charge on any atom is 0.199 e. The van der Waals surface area contributed by atoms with E-state index in [1.807, 2.05) is 6.92 Å². The molecule has 0 spiro atoms. The van der Waals surface area contributed by atoms with Crippen molar-refractivity contribution < 1.29 is 13.4 Å².